The van der Waals surface area contributed by atoms with Gasteiger partial charge in [-0.15, -0.1) is 5.10 Å². The fraction of sp³-hybridized carbons (Fsp3) is 0.389. The number of methoxy groups -OCH3 is 1. The van der Waals surface area contributed by atoms with Crippen LogP contribution in [-0.2, 0) is 4.79 Å². The Morgan fingerprint density at radius 2 is 1.96 bits per heavy atom. The van der Waals surface area contributed by atoms with Gasteiger partial charge in [-0.05, 0) is 36.8 Å². The van der Waals surface area contributed by atoms with E-state index >= 15 is 0 Å². The first-order valence-corrected chi connectivity index (χ1v) is 8.25. The number of rotatable bonds is 5. The fourth-order valence-electron chi connectivity index (χ4n) is 2.77. The molecule has 0 unspecified atom stereocenters. The van der Waals surface area contributed by atoms with Crippen LogP contribution in [0.5, 0.6) is 11.5 Å². The van der Waals surface area contributed by atoms with Crippen LogP contribution in [0, 0.1) is 6.92 Å². The van der Waals surface area contributed by atoms with E-state index < -0.39 is 0 Å². The van der Waals surface area contributed by atoms with Crippen LogP contribution in [0.25, 0.3) is 0 Å². The zero-order valence-corrected chi connectivity index (χ0v) is 14.5. The number of piperazine rings is 1. The molecule has 0 aliphatic carbocycles. The van der Waals surface area contributed by atoms with E-state index in [1.54, 1.807) is 13.3 Å². The minimum Gasteiger partial charge on any atom is -0.493 e. The average molecular weight is 342 g/mol. The quantitative estimate of drug-likeness (QED) is 0.821. The maximum absolute atomic E-state index is 12.4. The van der Waals surface area contributed by atoms with Gasteiger partial charge in [0, 0.05) is 32.4 Å². The lowest BCUT2D eigenvalue weighted by Crippen LogP contribution is -2.50. The molecule has 2 heterocycles. The Hall–Kier alpha value is -2.83. The van der Waals surface area contributed by atoms with Crippen molar-refractivity contribution in [3.63, 3.8) is 0 Å². The molecule has 132 valence electrons. The summed E-state index contributed by atoms with van der Waals surface area (Å²) >= 11 is 0. The Balaban J connectivity index is 1.52. The van der Waals surface area contributed by atoms with Gasteiger partial charge in [0.25, 0.3) is 5.91 Å². The highest BCUT2D eigenvalue weighted by atomic mass is 16.5. The maximum atomic E-state index is 12.4. The Morgan fingerprint density at radius 3 is 2.64 bits per heavy atom. The SMILES string of the molecule is COc1cc(C)ccc1OCC(=O)N1CCN(c2cccnn2)CC1. The summed E-state index contributed by atoms with van der Waals surface area (Å²) in [5, 5.41) is 8.00. The smallest absolute Gasteiger partial charge is 0.260 e. The van der Waals surface area contributed by atoms with Gasteiger partial charge < -0.3 is 19.3 Å². The minimum absolute atomic E-state index is 0.00453. The molecule has 1 aliphatic heterocycles. The predicted molar refractivity (Wildman–Crippen MR) is 94.1 cm³/mol. The number of nitrogens with zero attached hydrogens (tertiary/aromatic N) is 4. The standard InChI is InChI=1S/C18H22N4O3/c1-14-5-6-15(16(12-14)24-2)25-13-18(23)22-10-8-21(9-11-22)17-4-3-7-19-20-17/h3-7,12H,8-11,13H2,1-2H3. The molecule has 2 aromatic rings. The molecule has 3 rings (SSSR count). The lowest BCUT2D eigenvalue weighted by Gasteiger charge is -2.35. The van der Waals surface area contributed by atoms with E-state index in [-0.39, 0.29) is 12.5 Å². The number of hydrogen-bond acceptors (Lipinski definition) is 6. The third-order valence-electron chi connectivity index (χ3n) is 4.18. The highest BCUT2D eigenvalue weighted by molar-refractivity contribution is 5.78. The van der Waals surface area contributed by atoms with E-state index in [1.165, 1.54) is 0 Å². The molecule has 1 aliphatic rings. The van der Waals surface area contributed by atoms with Crippen molar-refractivity contribution in [2.75, 3.05) is 44.8 Å². The zero-order chi connectivity index (χ0) is 17.6. The van der Waals surface area contributed by atoms with Crippen molar-refractivity contribution < 1.29 is 14.3 Å². The molecule has 1 aromatic heterocycles. The summed E-state index contributed by atoms with van der Waals surface area (Å²) in [7, 11) is 1.59. The minimum atomic E-state index is -0.0265. The number of carbonyl (C=O) groups is 1. The molecule has 0 N–H and O–H groups in total. The molecule has 25 heavy (non-hydrogen) atoms. The van der Waals surface area contributed by atoms with Gasteiger partial charge in [-0.1, -0.05) is 6.07 Å². The summed E-state index contributed by atoms with van der Waals surface area (Å²) in [5.74, 6) is 2.04. The molecule has 0 bridgehead atoms. The van der Waals surface area contributed by atoms with Crippen LogP contribution in [0.15, 0.2) is 36.5 Å². The van der Waals surface area contributed by atoms with Gasteiger partial charge in [0.15, 0.2) is 23.9 Å². The second kappa shape index (κ2) is 7.83. The second-order valence-corrected chi connectivity index (χ2v) is 5.89. The molecular weight excluding hydrogens is 320 g/mol. The molecule has 7 heteroatoms. The van der Waals surface area contributed by atoms with Crippen molar-refractivity contribution in [1.82, 2.24) is 15.1 Å². The van der Waals surface area contributed by atoms with Gasteiger partial charge in [-0.3, -0.25) is 4.79 Å². The van der Waals surface area contributed by atoms with Crippen molar-refractivity contribution in [2.24, 2.45) is 0 Å². The molecule has 0 saturated carbocycles. The molecular formula is C18H22N4O3. The van der Waals surface area contributed by atoms with Crippen molar-refractivity contribution in [2.45, 2.75) is 6.92 Å². The summed E-state index contributed by atoms with van der Waals surface area (Å²) in [5.41, 5.74) is 1.08. The summed E-state index contributed by atoms with van der Waals surface area (Å²) < 4.78 is 11.0. The highest BCUT2D eigenvalue weighted by Crippen LogP contribution is 2.27. The van der Waals surface area contributed by atoms with E-state index in [9.17, 15) is 4.79 Å². The largest absolute Gasteiger partial charge is 0.493 e. The number of hydrogen-bond donors (Lipinski definition) is 0. The molecule has 0 atom stereocenters. The number of benzene rings is 1. The summed E-state index contributed by atoms with van der Waals surface area (Å²) in [6, 6.07) is 9.44. The van der Waals surface area contributed by atoms with Crippen molar-refractivity contribution in [3.8, 4) is 11.5 Å². The first-order valence-electron chi connectivity index (χ1n) is 8.25. The summed E-state index contributed by atoms with van der Waals surface area (Å²) in [6.45, 7) is 4.74. The van der Waals surface area contributed by atoms with E-state index in [0.717, 1.165) is 24.5 Å². The topological polar surface area (TPSA) is 67.8 Å². The number of amides is 1. The Labute approximate surface area is 147 Å². The monoisotopic (exact) mass is 342 g/mol. The molecule has 7 nitrogen and oxygen atoms in total. The van der Waals surface area contributed by atoms with E-state index in [2.05, 4.69) is 15.1 Å². The summed E-state index contributed by atoms with van der Waals surface area (Å²) in [6.07, 6.45) is 1.65. The van der Waals surface area contributed by atoms with Crippen LogP contribution in [0.4, 0.5) is 5.82 Å². The highest BCUT2D eigenvalue weighted by Gasteiger charge is 2.22. The number of aryl methyl sites for hydroxylation is 1. The van der Waals surface area contributed by atoms with E-state index in [4.69, 9.17) is 9.47 Å². The van der Waals surface area contributed by atoms with Crippen molar-refractivity contribution >= 4 is 11.7 Å². The number of anilines is 1. The van der Waals surface area contributed by atoms with E-state index in [1.807, 2.05) is 42.2 Å². The molecule has 1 fully saturated rings. The average Bonchev–Trinajstić information content (AvgIpc) is 2.67. The third-order valence-corrected chi connectivity index (χ3v) is 4.18. The predicted octanol–water partition coefficient (Wildman–Crippen LogP) is 1.52. The normalized spacial score (nSPS) is 14.3. The van der Waals surface area contributed by atoms with Crippen LogP contribution in [0.1, 0.15) is 5.56 Å². The molecule has 1 amide bonds. The number of aromatic nitrogens is 2. The molecule has 0 spiro atoms. The lowest BCUT2D eigenvalue weighted by atomic mass is 10.2. The van der Waals surface area contributed by atoms with Gasteiger partial charge >= 0.3 is 0 Å². The summed E-state index contributed by atoms with van der Waals surface area (Å²) in [4.78, 5) is 16.3. The Bertz CT molecular complexity index is 716. The van der Waals surface area contributed by atoms with Gasteiger partial charge in [-0.25, -0.2) is 0 Å². The Kier molecular flexibility index (Phi) is 5.33. The third kappa shape index (κ3) is 4.17. The van der Waals surface area contributed by atoms with Crippen molar-refractivity contribution in [1.29, 1.82) is 0 Å². The van der Waals surface area contributed by atoms with Gasteiger partial charge in [0.2, 0.25) is 0 Å². The number of carbonyl (C=O) groups excluding carboxylic acids is 1. The van der Waals surface area contributed by atoms with Crippen molar-refractivity contribution in [3.05, 3.63) is 42.1 Å². The van der Waals surface area contributed by atoms with Crippen LogP contribution < -0.4 is 14.4 Å². The molecule has 0 radical (unpaired) electrons. The molecule has 1 aromatic carbocycles. The second-order valence-electron chi connectivity index (χ2n) is 5.89. The molecule has 1 saturated heterocycles. The Morgan fingerprint density at radius 1 is 1.16 bits per heavy atom. The maximum Gasteiger partial charge on any atom is 0.260 e. The van der Waals surface area contributed by atoms with Crippen LogP contribution >= 0.6 is 0 Å². The van der Waals surface area contributed by atoms with E-state index in [0.29, 0.717) is 24.6 Å². The lowest BCUT2D eigenvalue weighted by molar-refractivity contribution is -0.133. The number of ether oxygens (including phenoxy) is 2. The fourth-order valence-corrected chi connectivity index (χ4v) is 2.77. The first-order chi connectivity index (χ1) is 12.2. The van der Waals surface area contributed by atoms with Gasteiger partial charge in [0.1, 0.15) is 0 Å². The van der Waals surface area contributed by atoms with Crippen LogP contribution in [0.2, 0.25) is 0 Å². The van der Waals surface area contributed by atoms with Crippen LogP contribution in [0.3, 0.4) is 0 Å². The van der Waals surface area contributed by atoms with Crippen LogP contribution in [-0.4, -0.2) is 60.9 Å². The van der Waals surface area contributed by atoms with Gasteiger partial charge in [0.05, 0.1) is 7.11 Å². The first kappa shape index (κ1) is 17.0. The zero-order valence-electron chi connectivity index (χ0n) is 14.5. The van der Waals surface area contributed by atoms with Gasteiger partial charge in [-0.2, -0.15) is 5.10 Å².